The van der Waals surface area contributed by atoms with E-state index in [1.807, 2.05) is 6.07 Å². The Kier molecular flexibility index (Phi) is 8.19. The third-order valence-corrected chi connectivity index (χ3v) is 7.62. The van der Waals surface area contributed by atoms with Crippen molar-refractivity contribution in [1.29, 1.82) is 5.26 Å². The number of rotatable bonds is 6. The smallest absolute Gasteiger partial charge is 0.241 e. The van der Waals surface area contributed by atoms with Gasteiger partial charge in [-0.1, -0.05) is 12.1 Å². The Morgan fingerprint density at radius 2 is 2.03 bits per heavy atom. The number of fused-ring (bicyclic) bond motifs is 1. The summed E-state index contributed by atoms with van der Waals surface area (Å²) in [7, 11) is 0. The van der Waals surface area contributed by atoms with E-state index in [2.05, 4.69) is 40.0 Å². The predicted octanol–water partition coefficient (Wildman–Crippen LogP) is 1.79. The van der Waals surface area contributed by atoms with Crippen molar-refractivity contribution in [2.75, 3.05) is 64.0 Å². The first kappa shape index (κ1) is 26.5. The van der Waals surface area contributed by atoms with Crippen LogP contribution in [0, 0.1) is 17.1 Å². The quantitative estimate of drug-likeness (QED) is 0.614. The van der Waals surface area contributed by atoms with Crippen LogP contribution in [0.2, 0.25) is 0 Å². The van der Waals surface area contributed by atoms with Crippen molar-refractivity contribution in [3.63, 3.8) is 0 Å². The normalized spacial score (nSPS) is 24.4. The summed E-state index contributed by atoms with van der Waals surface area (Å²) in [4.78, 5) is 24.7. The summed E-state index contributed by atoms with van der Waals surface area (Å²) in [6.07, 6.45) is 0.403. The molecular weight excluding hydrogens is 487 g/mol. The summed E-state index contributed by atoms with van der Waals surface area (Å²) in [5.74, 6) is -0.0223. The highest BCUT2D eigenvalue weighted by Gasteiger charge is 2.34. The molecule has 2 fully saturated rings. The predicted molar refractivity (Wildman–Crippen MR) is 141 cm³/mol. The fourth-order valence-electron chi connectivity index (χ4n) is 5.46. The van der Waals surface area contributed by atoms with Crippen LogP contribution in [0.1, 0.15) is 30.7 Å². The van der Waals surface area contributed by atoms with E-state index >= 15 is 0 Å². The lowest BCUT2D eigenvalue weighted by molar-refractivity contribution is -0.121. The van der Waals surface area contributed by atoms with Crippen molar-refractivity contribution in [3.05, 3.63) is 53.0 Å². The van der Waals surface area contributed by atoms with Crippen LogP contribution >= 0.6 is 0 Å². The van der Waals surface area contributed by atoms with Crippen molar-refractivity contribution in [2.45, 2.75) is 38.4 Å². The monoisotopic (exact) mass is 522 g/mol. The Hall–Kier alpha value is -3.10. The number of hydrogen-bond donors (Lipinski definition) is 1. The third kappa shape index (κ3) is 5.97. The molecule has 3 aliphatic rings. The van der Waals surface area contributed by atoms with Crippen molar-refractivity contribution < 1.29 is 18.7 Å². The van der Waals surface area contributed by atoms with E-state index in [4.69, 9.17) is 9.47 Å². The van der Waals surface area contributed by atoms with Crippen molar-refractivity contribution in [2.24, 2.45) is 0 Å². The van der Waals surface area contributed by atoms with Crippen LogP contribution in [0.4, 0.5) is 10.1 Å². The number of morpholine rings is 1. The maximum atomic E-state index is 13.7. The SMILES string of the molecule is CC1COCCN1C[C@H]1CN[C@H](C)CN1CC(=O)N1CCOc2nc(C#N)c(Cc3ccc(F)cc3)cc21. The van der Waals surface area contributed by atoms with Gasteiger partial charge in [0.1, 0.15) is 29.9 Å². The van der Waals surface area contributed by atoms with Crippen molar-refractivity contribution >= 4 is 11.6 Å². The molecule has 3 aliphatic heterocycles. The number of nitrogens with one attached hydrogen (secondary N) is 1. The van der Waals surface area contributed by atoms with E-state index in [9.17, 15) is 14.4 Å². The Labute approximate surface area is 223 Å². The van der Waals surface area contributed by atoms with Crippen LogP contribution in [0.15, 0.2) is 30.3 Å². The Morgan fingerprint density at radius 3 is 2.79 bits per heavy atom. The number of ether oxygens (including phenoxy) is 2. The molecule has 0 aliphatic carbocycles. The number of benzene rings is 1. The van der Waals surface area contributed by atoms with Gasteiger partial charge in [-0.05, 0) is 43.2 Å². The van der Waals surface area contributed by atoms with Crippen molar-refractivity contribution in [1.82, 2.24) is 20.1 Å². The summed E-state index contributed by atoms with van der Waals surface area (Å²) in [6.45, 7) is 10.2. The molecule has 202 valence electrons. The molecule has 1 unspecified atom stereocenters. The first-order chi connectivity index (χ1) is 18.4. The summed E-state index contributed by atoms with van der Waals surface area (Å²) in [5, 5.41) is 13.3. The van der Waals surface area contributed by atoms with Crippen LogP contribution in [-0.2, 0) is 16.0 Å². The molecule has 0 bridgehead atoms. The van der Waals surface area contributed by atoms with Gasteiger partial charge < -0.3 is 19.7 Å². The molecule has 0 spiro atoms. The second kappa shape index (κ2) is 11.7. The zero-order chi connectivity index (χ0) is 26.6. The third-order valence-electron chi connectivity index (χ3n) is 7.62. The zero-order valence-electron chi connectivity index (χ0n) is 22.0. The number of halogens is 1. The lowest BCUT2D eigenvalue weighted by atomic mass is 10.0. The molecule has 38 heavy (non-hydrogen) atoms. The lowest BCUT2D eigenvalue weighted by Crippen LogP contribution is -2.62. The summed E-state index contributed by atoms with van der Waals surface area (Å²) >= 11 is 0. The maximum absolute atomic E-state index is 13.7. The average molecular weight is 523 g/mol. The van der Waals surface area contributed by atoms with Gasteiger partial charge in [-0.15, -0.1) is 0 Å². The molecule has 4 heterocycles. The molecule has 1 aromatic carbocycles. The second-order valence-corrected chi connectivity index (χ2v) is 10.4. The minimum absolute atomic E-state index is 0.0112. The highest BCUT2D eigenvalue weighted by atomic mass is 19.1. The fraction of sp³-hybridized carbons (Fsp3) is 0.536. The van der Waals surface area contributed by atoms with Gasteiger partial charge in [-0.2, -0.15) is 5.26 Å². The first-order valence-electron chi connectivity index (χ1n) is 13.3. The summed E-state index contributed by atoms with van der Waals surface area (Å²) in [5.41, 5.74) is 2.36. The van der Waals surface area contributed by atoms with E-state index in [1.165, 1.54) is 12.1 Å². The number of pyridine rings is 1. The highest BCUT2D eigenvalue weighted by Crippen LogP contribution is 2.33. The van der Waals surface area contributed by atoms with E-state index < -0.39 is 0 Å². The summed E-state index contributed by atoms with van der Waals surface area (Å²) in [6, 6.07) is 11.0. The fourth-order valence-corrected chi connectivity index (χ4v) is 5.46. The number of aromatic nitrogens is 1. The maximum Gasteiger partial charge on any atom is 0.241 e. The van der Waals surface area contributed by atoms with Crippen molar-refractivity contribution in [3.8, 4) is 11.9 Å². The van der Waals surface area contributed by atoms with Gasteiger partial charge in [0.15, 0.2) is 0 Å². The van der Waals surface area contributed by atoms with Gasteiger partial charge in [0.2, 0.25) is 11.8 Å². The van der Waals surface area contributed by atoms with Gasteiger partial charge in [-0.3, -0.25) is 14.6 Å². The molecule has 5 rings (SSSR count). The van der Waals surface area contributed by atoms with Gasteiger partial charge in [-0.25, -0.2) is 9.37 Å². The largest absolute Gasteiger partial charge is 0.474 e. The molecule has 3 atom stereocenters. The molecule has 1 aromatic heterocycles. The number of amides is 1. The number of nitrogens with zero attached hydrogens (tertiary/aromatic N) is 5. The second-order valence-electron chi connectivity index (χ2n) is 10.4. The number of nitriles is 1. The van der Waals surface area contributed by atoms with Gasteiger partial charge >= 0.3 is 0 Å². The number of carbonyl (C=O) groups excluding carboxylic acids is 1. The van der Waals surface area contributed by atoms with E-state index in [-0.39, 0.29) is 23.5 Å². The highest BCUT2D eigenvalue weighted by molar-refractivity contribution is 5.96. The number of carbonyl (C=O) groups is 1. The van der Waals surface area contributed by atoms with Crippen LogP contribution in [0.5, 0.6) is 5.88 Å². The Morgan fingerprint density at radius 1 is 1.21 bits per heavy atom. The minimum Gasteiger partial charge on any atom is -0.474 e. The summed E-state index contributed by atoms with van der Waals surface area (Å²) < 4.78 is 24.8. The molecule has 9 nitrogen and oxygen atoms in total. The Bertz CT molecular complexity index is 1190. The lowest BCUT2D eigenvalue weighted by Gasteiger charge is -2.44. The molecule has 10 heteroatoms. The zero-order valence-corrected chi connectivity index (χ0v) is 22.0. The minimum atomic E-state index is -0.313. The van der Waals surface area contributed by atoms with Gasteiger partial charge in [0.05, 0.1) is 26.3 Å². The molecular formula is C28H35FN6O3. The average Bonchev–Trinajstić information content (AvgIpc) is 2.92. The van der Waals surface area contributed by atoms with Crippen LogP contribution in [0.3, 0.4) is 0 Å². The number of hydrogen-bond acceptors (Lipinski definition) is 8. The molecule has 1 amide bonds. The number of anilines is 1. The van der Waals surface area contributed by atoms with Crippen LogP contribution in [-0.4, -0.2) is 97.9 Å². The topological polar surface area (TPSA) is 94.0 Å². The van der Waals surface area contributed by atoms with Gasteiger partial charge in [0, 0.05) is 50.7 Å². The molecule has 1 N–H and O–H groups in total. The van der Waals surface area contributed by atoms with Crippen LogP contribution < -0.4 is 15.0 Å². The molecule has 2 aromatic rings. The molecule has 2 saturated heterocycles. The van der Waals surface area contributed by atoms with E-state index in [0.717, 1.165) is 45.0 Å². The van der Waals surface area contributed by atoms with E-state index in [1.54, 1.807) is 17.0 Å². The van der Waals surface area contributed by atoms with Gasteiger partial charge in [0.25, 0.3) is 0 Å². The van der Waals surface area contributed by atoms with Crippen LogP contribution in [0.25, 0.3) is 0 Å². The Balaban J connectivity index is 1.35. The van der Waals surface area contributed by atoms with E-state index in [0.29, 0.717) is 55.3 Å². The molecule has 0 radical (unpaired) electrons. The first-order valence-corrected chi connectivity index (χ1v) is 13.3. The molecule has 0 saturated carbocycles. The number of piperazine rings is 1. The standard InChI is InChI=1S/C28H35FN6O3/c1-19-15-34(24(14-31-19)16-33-7-9-37-18-20(33)2)17-27(36)35-8-10-38-28-26(35)12-22(25(13-30)32-28)11-21-3-5-23(29)6-4-21/h3-6,12,19-20,24,31H,7-11,14-18H2,1-2H3/t19-,20?,24-/m1/s1.